The number of urea groups is 2. The fourth-order valence-corrected chi connectivity index (χ4v) is 2.56. The van der Waals surface area contributed by atoms with Gasteiger partial charge in [-0.2, -0.15) is 0 Å². The van der Waals surface area contributed by atoms with Gasteiger partial charge in [0.25, 0.3) is 0 Å². The van der Waals surface area contributed by atoms with Crippen molar-refractivity contribution in [2.75, 3.05) is 29.9 Å². The van der Waals surface area contributed by atoms with Crippen molar-refractivity contribution in [1.29, 1.82) is 0 Å². The molecular formula is C19H20N4O2. The van der Waals surface area contributed by atoms with Gasteiger partial charge >= 0.3 is 12.1 Å². The van der Waals surface area contributed by atoms with Gasteiger partial charge in [0, 0.05) is 31.0 Å². The van der Waals surface area contributed by atoms with E-state index in [0.717, 1.165) is 11.3 Å². The Bertz CT molecular complexity index is 774. The second-order valence-corrected chi connectivity index (χ2v) is 5.58. The highest BCUT2D eigenvalue weighted by Crippen LogP contribution is 2.20. The predicted octanol–water partition coefficient (Wildman–Crippen LogP) is 3.05. The Balaban J connectivity index is 1.51. The lowest BCUT2D eigenvalue weighted by Crippen LogP contribution is -2.29. The Morgan fingerprint density at radius 1 is 1.16 bits per heavy atom. The van der Waals surface area contributed by atoms with Gasteiger partial charge in [0.15, 0.2) is 0 Å². The summed E-state index contributed by atoms with van der Waals surface area (Å²) < 4.78 is 0. The monoisotopic (exact) mass is 336 g/mol. The normalized spacial score (nSPS) is 13.8. The van der Waals surface area contributed by atoms with Crippen LogP contribution in [0.5, 0.6) is 0 Å². The van der Waals surface area contributed by atoms with E-state index < -0.39 is 0 Å². The van der Waals surface area contributed by atoms with Crippen molar-refractivity contribution in [2.45, 2.75) is 0 Å². The highest BCUT2D eigenvalue weighted by atomic mass is 16.2. The first-order valence-corrected chi connectivity index (χ1v) is 8.14. The van der Waals surface area contributed by atoms with Crippen LogP contribution in [0.2, 0.25) is 0 Å². The zero-order valence-corrected chi connectivity index (χ0v) is 13.7. The van der Waals surface area contributed by atoms with Crippen molar-refractivity contribution >= 4 is 29.5 Å². The minimum absolute atomic E-state index is 0.118. The van der Waals surface area contributed by atoms with Crippen molar-refractivity contribution in [3.05, 3.63) is 66.2 Å². The average Bonchev–Trinajstić information content (AvgIpc) is 3.06. The molecule has 2 aromatic rings. The van der Waals surface area contributed by atoms with Crippen molar-refractivity contribution in [2.24, 2.45) is 0 Å². The van der Waals surface area contributed by atoms with Gasteiger partial charge in [-0.25, -0.2) is 9.59 Å². The van der Waals surface area contributed by atoms with E-state index in [-0.39, 0.29) is 12.1 Å². The second kappa shape index (κ2) is 8.01. The van der Waals surface area contributed by atoms with E-state index in [4.69, 9.17) is 0 Å². The van der Waals surface area contributed by atoms with Gasteiger partial charge in [0.2, 0.25) is 0 Å². The molecule has 0 aromatic heterocycles. The zero-order chi connectivity index (χ0) is 17.5. The standard InChI is InChI=1S/C19H20N4O2/c24-18(20-11-5-8-15-6-2-1-3-7-15)22-16-9-4-10-17(14-16)23-13-12-21-19(23)25/h1-10,14H,11-13H2,(H,21,25)(H2,20,22,24). The number of nitrogens with zero attached hydrogens (tertiary/aromatic N) is 1. The molecule has 3 rings (SSSR count). The van der Waals surface area contributed by atoms with Crippen LogP contribution >= 0.6 is 0 Å². The van der Waals surface area contributed by atoms with E-state index in [1.807, 2.05) is 54.6 Å². The first-order valence-electron chi connectivity index (χ1n) is 8.14. The van der Waals surface area contributed by atoms with Crippen molar-refractivity contribution in [3.8, 4) is 0 Å². The van der Waals surface area contributed by atoms with Crippen LogP contribution in [-0.4, -0.2) is 31.7 Å². The smallest absolute Gasteiger partial charge is 0.321 e. The lowest BCUT2D eigenvalue weighted by Gasteiger charge is -2.15. The lowest BCUT2D eigenvalue weighted by molar-refractivity contribution is 0.251. The average molecular weight is 336 g/mol. The Morgan fingerprint density at radius 2 is 2.00 bits per heavy atom. The number of carbonyl (C=O) groups excluding carboxylic acids is 2. The van der Waals surface area contributed by atoms with Gasteiger partial charge < -0.3 is 16.0 Å². The predicted molar refractivity (Wildman–Crippen MR) is 99.7 cm³/mol. The van der Waals surface area contributed by atoms with Crippen LogP contribution in [0.1, 0.15) is 5.56 Å². The third kappa shape index (κ3) is 4.60. The Kier molecular flexibility index (Phi) is 5.31. The molecule has 1 fully saturated rings. The van der Waals surface area contributed by atoms with Crippen molar-refractivity contribution < 1.29 is 9.59 Å². The fraction of sp³-hybridized carbons (Fsp3) is 0.158. The van der Waals surface area contributed by atoms with E-state index in [9.17, 15) is 9.59 Å². The third-order valence-electron chi connectivity index (χ3n) is 3.76. The maximum absolute atomic E-state index is 12.0. The zero-order valence-electron chi connectivity index (χ0n) is 13.7. The first kappa shape index (κ1) is 16.6. The van der Waals surface area contributed by atoms with Gasteiger partial charge in [-0.05, 0) is 23.8 Å². The summed E-state index contributed by atoms with van der Waals surface area (Å²) in [6.07, 6.45) is 3.84. The first-order chi connectivity index (χ1) is 12.2. The summed E-state index contributed by atoms with van der Waals surface area (Å²) >= 11 is 0. The summed E-state index contributed by atoms with van der Waals surface area (Å²) in [6, 6.07) is 16.7. The van der Waals surface area contributed by atoms with Crippen molar-refractivity contribution in [1.82, 2.24) is 10.6 Å². The van der Waals surface area contributed by atoms with Crippen LogP contribution in [-0.2, 0) is 0 Å². The fourth-order valence-electron chi connectivity index (χ4n) is 2.56. The lowest BCUT2D eigenvalue weighted by atomic mass is 10.2. The van der Waals surface area contributed by atoms with E-state index >= 15 is 0 Å². The van der Waals surface area contributed by atoms with Crippen LogP contribution in [0.15, 0.2) is 60.7 Å². The molecule has 0 aliphatic carbocycles. The Morgan fingerprint density at radius 3 is 2.76 bits per heavy atom. The number of amides is 4. The topological polar surface area (TPSA) is 73.5 Å². The summed E-state index contributed by atoms with van der Waals surface area (Å²) in [5, 5.41) is 8.30. The summed E-state index contributed by atoms with van der Waals surface area (Å²) in [7, 11) is 0. The number of benzene rings is 2. The van der Waals surface area contributed by atoms with E-state index in [1.165, 1.54) is 0 Å². The molecule has 2 aromatic carbocycles. The molecule has 1 aliphatic rings. The number of anilines is 2. The van der Waals surface area contributed by atoms with E-state index in [0.29, 0.717) is 25.3 Å². The van der Waals surface area contributed by atoms with E-state index in [2.05, 4.69) is 16.0 Å². The molecule has 1 saturated heterocycles. The molecule has 0 bridgehead atoms. The van der Waals surface area contributed by atoms with Crippen LogP contribution in [0, 0.1) is 0 Å². The minimum atomic E-state index is -0.291. The molecule has 3 N–H and O–H groups in total. The molecule has 1 heterocycles. The molecule has 0 radical (unpaired) electrons. The molecule has 1 aliphatic heterocycles. The highest BCUT2D eigenvalue weighted by molar-refractivity contribution is 5.95. The summed E-state index contributed by atoms with van der Waals surface area (Å²) in [5.41, 5.74) is 2.49. The van der Waals surface area contributed by atoms with Crippen LogP contribution in [0.3, 0.4) is 0 Å². The summed E-state index contributed by atoms with van der Waals surface area (Å²) in [4.78, 5) is 25.3. The number of carbonyl (C=O) groups is 2. The van der Waals surface area contributed by atoms with Crippen LogP contribution in [0.25, 0.3) is 6.08 Å². The van der Waals surface area contributed by atoms with Gasteiger partial charge in [-0.3, -0.25) is 4.90 Å². The molecule has 128 valence electrons. The largest absolute Gasteiger partial charge is 0.336 e. The van der Waals surface area contributed by atoms with Gasteiger partial charge in [-0.15, -0.1) is 0 Å². The third-order valence-corrected chi connectivity index (χ3v) is 3.76. The minimum Gasteiger partial charge on any atom is -0.336 e. The molecule has 6 nitrogen and oxygen atoms in total. The SMILES string of the molecule is O=C(NCC=Cc1ccccc1)Nc1cccc(N2CCNC2=O)c1. The molecule has 0 spiro atoms. The van der Waals surface area contributed by atoms with E-state index in [1.54, 1.807) is 17.0 Å². The Hall–Kier alpha value is -3.28. The maximum atomic E-state index is 12.0. The van der Waals surface area contributed by atoms with Crippen LogP contribution in [0.4, 0.5) is 21.0 Å². The molecule has 0 atom stereocenters. The highest BCUT2D eigenvalue weighted by Gasteiger charge is 2.21. The second-order valence-electron chi connectivity index (χ2n) is 5.58. The molecule has 6 heteroatoms. The van der Waals surface area contributed by atoms with Gasteiger partial charge in [0.1, 0.15) is 0 Å². The van der Waals surface area contributed by atoms with Crippen LogP contribution < -0.4 is 20.9 Å². The number of hydrogen-bond acceptors (Lipinski definition) is 2. The molecule has 4 amide bonds. The van der Waals surface area contributed by atoms with Crippen molar-refractivity contribution in [3.63, 3.8) is 0 Å². The quantitative estimate of drug-likeness (QED) is 0.785. The Labute approximate surface area is 146 Å². The van der Waals surface area contributed by atoms with Gasteiger partial charge in [0.05, 0.1) is 0 Å². The summed E-state index contributed by atoms with van der Waals surface area (Å²) in [6.45, 7) is 1.68. The molecule has 25 heavy (non-hydrogen) atoms. The molecule has 0 unspecified atom stereocenters. The number of hydrogen-bond donors (Lipinski definition) is 3. The number of rotatable bonds is 5. The number of nitrogens with one attached hydrogen (secondary N) is 3. The summed E-state index contributed by atoms with van der Waals surface area (Å²) in [5.74, 6) is 0. The maximum Gasteiger partial charge on any atom is 0.321 e. The molecule has 0 saturated carbocycles. The molecular weight excluding hydrogens is 316 g/mol. The van der Waals surface area contributed by atoms with Gasteiger partial charge in [-0.1, -0.05) is 48.6 Å².